The first-order valence-corrected chi connectivity index (χ1v) is 18.4. The van der Waals surface area contributed by atoms with Gasteiger partial charge in [0.1, 0.15) is 0 Å². The minimum absolute atomic E-state index is 0.0561. The van der Waals surface area contributed by atoms with E-state index in [2.05, 4.69) is 25.5 Å². The summed E-state index contributed by atoms with van der Waals surface area (Å²) in [5.74, 6) is 0. The molecule has 0 spiro atoms. The molecular formula is C28H50F3NO3SSi. The fourth-order valence-electron chi connectivity index (χ4n) is 4.79. The van der Waals surface area contributed by atoms with Crippen LogP contribution in [0.3, 0.4) is 0 Å². The number of hydrogen-bond donors (Lipinski definition) is 1. The van der Waals surface area contributed by atoms with Gasteiger partial charge in [0.2, 0.25) is 10.0 Å². The average molecular weight is 566 g/mol. The summed E-state index contributed by atoms with van der Waals surface area (Å²) in [7, 11) is -6.23. The average Bonchev–Trinajstić information content (AvgIpc) is 2.86. The van der Waals surface area contributed by atoms with E-state index in [1.165, 1.54) is 89.2 Å². The predicted molar refractivity (Wildman–Crippen MR) is 150 cm³/mol. The first kappa shape index (κ1) is 34.1. The van der Waals surface area contributed by atoms with Crippen LogP contribution in [0.25, 0.3) is 0 Å². The van der Waals surface area contributed by atoms with Crippen molar-refractivity contribution in [1.29, 1.82) is 0 Å². The fourth-order valence-corrected chi connectivity index (χ4v) is 10.5. The van der Waals surface area contributed by atoms with Gasteiger partial charge in [0, 0.05) is 13.2 Å². The van der Waals surface area contributed by atoms with E-state index in [4.69, 9.17) is 4.43 Å². The van der Waals surface area contributed by atoms with Crippen LogP contribution >= 0.6 is 0 Å². The van der Waals surface area contributed by atoms with Gasteiger partial charge < -0.3 is 4.43 Å². The molecule has 0 amide bonds. The lowest BCUT2D eigenvalue weighted by Crippen LogP contribution is -2.39. The molecule has 0 aliphatic rings. The normalized spacial score (nSPS) is 12.8. The van der Waals surface area contributed by atoms with E-state index < -0.39 is 35.0 Å². The van der Waals surface area contributed by atoms with E-state index >= 15 is 0 Å². The summed E-state index contributed by atoms with van der Waals surface area (Å²) in [4.78, 5) is -0.727. The Morgan fingerprint density at radius 1 is 0.757 bits per heavy atom. The molecule has 37 heavy (non-hydrogen) atoms. The first-order valence-electron chi connectivity index (χ1n) is 14.4. The molecule has 0 aromatic heterocycles. The molecule has 1 aromatic carbocycles. The van der Waals surface area contributed by atoms with Crippen molar-refractivity contribution in [3.8, 4) is 0 Å². The predicted octanol–water partition coefficient (Wildman–Crippen LogP) is 9.08. The molecule has 0 saturated heterocycles. The number of benzene rings is 1. The zero-order valence-electron chi connectivity index (χ0n) is 23.3. The van der Waals surface area contributed by atoms with Crippen LogP contribution in [0.5, 0.6) is 0 Å². The highest BCUT2D eigenvalue weighted by Gasteiger charge is 2.37. The molecule has 0 bridgehead atoms. The van der Waals surface area contributed by atoms with Gasteiger partial charge in [-0.1, -0.05) is 110 Å². The van der Waals surface area contributed by atoms with Gasteiger partial charge in [-0.05, 0) is 36.7 Å². The van der Waals surface area contributed by atoms with Crippen LogP contribution in [-0.4, -0.2) is 29.9 Å². The lowest BCUT2D eigenvalue weighted by Gasteiger charge is -2.32. The maximum Gasteiger partial charge on any atom is 0.417 e. The standard InChI is InChI=1S/C28H50F3NO3SSi/c1-4-7-10-15-23-37(24-16-11-8-5-2,25-17-12-9-6-3)35-22-18-21-32-36(33,34)27-20-14-13-19-26(27)28(29,30)31/h13-14,19-20,32H,4-12,15-18,21-25H2,1-3H3. The van der Waals surface area contributed by atoms with Crippen LogP contribution in [0, 0.1) is 0 Å². The van der Waals surface area contributed by atoms with E-state index in [0.717, 1.165) is 30.3 Å². The number of sulfonamides is 1. The second-order valence-corrected chi connectivity index (χ2v) is 16.1. The maximum atomic E-state index is 13.3. The minimum atomic E-state index is -4.73. The number of halogens is 3. The number of rotatable bonds is 22. The fraction of sp³-hybridized carbons (Fsp3) is 0.786. The second kappa shape index (κ2) is 18.4. The molecule has 0 aliphatic heterocycles. The van der Waals surface area contributed by atoms with Gasteiger partial charge in [0.25, 0.3) is 0 Å². The Labute approximate surface area is 225 Å². The van der Waals surface area contributed by atoms with Crippen molar-refractivity contribution >= 4 is 18.3 Å². The van der Waals surface area contributed by atoms with Crippen molar-refractivity contribution in [2.24, 2.45) is 0 Å². The molecule has 1 aromatic rings. The van der Waals surface area contributed by atoms with Crippen LogP contribution < -0.4 is 4.72 Å². The van der Waals surface area contributed by atoms with Crippen molar-refractivity contribution in [1.82, 2.24) is 4.72 Å². The lowest BCUT2D eigenvalue weighted by atomic mass is 10.2. The number of nitrogens with one attached hydrogen (secondary N) is 1. The molecule has 0 unspecified atom stereocenters. The van der Waals surface area contributed by atoms with Crippen LogP contribution in [0.1, 0.15) is 110 Å². The summed E-state index contributed by atoms with van der Waals surface area (Å²) in [5.41, 5.74) is -1.14. The number of hydrogen-bond acceptors (Lipinski definition) is 3. The molecule has 0 aliphatic carbocycles. The Hall–Kier alpha value is -0.903. The number of unbranched alkanes of at least 4 members (excludes halogenated alkanes) is 9. The SMILES string of the molecule is CCCCCC[Si](CCCCCC)(CCCCCC)OCCCNS(=O)(=O)c1ccccc1C(F)(F)F. The Morgan fingerprint density at radius 2 is 1.24 bits per heavy atom. The molecule has 1 N–H and O–H groups in total. The van der Waals surface area contributed by atoms with Crippen LogP contribution in [0.15, 0.2) is 29.2 Å². The molecular weight excluding hydrogens is 515 g/mol. The van der Waals surface area contributed by atoms with Crippen LogP contribution in [0.2, 0.25) is 18.1 Å². The Bertz CT molecular complexity index is 803. The highest BCUT2D eigenvalue weighted by Crippen LogP contribution is 2.34. The van der Waals surface area contributed by atoms with Gasteiger partial charge in [-0.3, -0.25) is 0 Å². The van der Waals surface area contributed by atoms with Crippen LogP contribution in [-0.2, 0) is 20.6 Å². The lowest BCUT2D eigenvalue weighted by molar-refractivity contribution is -0.139. The molecule has 0 heterocycles. The van der Waals surface area contributed by atoms with E-state index in [0.29, 0.717) is 13.0 Å². The van der Waals surface area contributed by atoms with Crippen molar-refractivity contribution in [3.63, 3.8) is 0 Å². The number of alkyl halides is 3. The Kier molecular flexibility index (Phi) is 17.0. The van der Waals surface area contributed by atoms with E-state index in [1.54, 1.807) is 0 Å². The van der Waals surface area contributed by atoms with Gasteiger partial charge in [0.15, 0.2) is 8.32 Å². The highest BCUT2D eigenvalue weighted by atomic mass is 32.2. The summed E-state index contributed by atoms with van der Waals surface area (Å²) < 4.78 is 74.2. The van der Waals surface area contributed by atoms with E-state index in [9.17, 15) is 21.6 Å². The van der Waals surface area contributed by atoms with Crippen molar-refractivity contribution in [2.45, 2.75) is 133 Å². The second-order valence-electron chi connectivity index (χ2n) is 10.2. The largest absolute Gasteiger partial charge is 0.417 e. The van der Waals surface area contributed by atoms with Gasteiger partial charge in [-0.2, -0.15) is 13.2 Å². The maximum absolute atomic E-state index is 13.3. The third kappa shape index (κ3) is 13.6. The summed E-state index contributed by atoms with van der Waals surface area (Å²) in [5, 5.41) is 0. The monoisotopic (exact) mass is 565 g/mol. The van der Waals surface area contributed by atoms with Gasteiger partial charge in [0.05, 0.1) is 10.5 Å². The third-order valence-corrected chi connectivity index (χ3v) is 13.1. The zero-order valence-corrected chi connectivity index (χ0v) is 25.1. The molecule has 9 heteroatoms. The third-order valence-electron chi connectivity index (χ3n) is 6.96. The topological polar surface area (TPSA) is 55.4 Å². The summed E-state index contributed by atoms with van der Waals surface area (Å²) >= 11 is 0. The van der Waals surface area contributed by atoms with E-state index in [-0.39, 0.29) is 6.54 Å². The van der Waals surface area contributed by atoms with Crippen LogP contribution in [0.4, 0.5) is 13.2 Å². The zero-order chi connectivity index (χ0) is 27.6. The quantitative estimate of drug-likeness (QED) is 0.113. The molecule has 4 nitrogen and oxygen atoms in total. The first-order chi connectivity index (χ1) is 17.6. The van der Waals surface area contributed by atoms with Gasteiger partial charge in [-0.15, -0.1) is 0 Å². The van der Waals surface area contributed by atoms with E-state index in [1.807, 2.05) is 0 Å². The molecule has 0 atom stereocenters. The molecule has 0 radical (unpaired) electrons. The minimum Gasteiger partial charge on any atom is -0.417 e. The van der Waals surface area contributed by atoms with Crippen molar-refractivity contribution in [3.05, 3.63) is 29.8 Å². The Morgan fingerprint density at radius 3 is 1.70 bits per heavy atom. The summed E-state index contributed by atoms with van der Waals surface area (Å²) in [6.07, 6.45) is 10.2. The van der Waals surface area contributed by atoms with Gasteiger partial charge in [-0.25, -0.2) is 13.1 Å². The van der Waals surface area contributed by atoms with Gasteiger partial charge >= 0.3 is 6.18 Å². The van der Waals surface area contributed by atoms with Crippen molar-refractivity contribution < 1.29 is 26.0 Å². The van der Waals surface area contributed by atoms with Crippen molar-refractivity contribution in [2.75, 3.05) is 13.2 Å². The molecule has 1 rings (SSSR count). The summed E-state index contributed by atoms with van der Waals surface area (Å²) in [6, 6.07) is 7.75. The molecule has 216 valence electrons. The molecule has 0 saturated carbocycles. The molecule has 0 fully saturated rings. The highest BCUT2D eigenvalue weighted by molar-refractivity contribution is 7.89. The summed E-state index contributed by atoms with van der Waals surface area (Å²) in [6.45, 7) is 7.14. The Balaban J connectivity index is 2.79. The smallest absolute Gasteiger partial charge is 0.417 e.